The number of halogens is 2. The molecule has 6 nitrogen and oxygen atoms in total. The summed E-state index contributed by atoms with van der Waals surface area (Å²) in [6.07, 6.45) is 7.44. The van der Waals surface area contributed by atoms with Crippen LogP contribution < -0.4 is 16.0 Å². The van der Waals surface area contributed by atoms with E-state index in [2.05, 4.69) is 20.9 Å². The van der Waals surface area contributed by atoms with Crippen molar-refractivity contribution in [1.82, 2.24) is 10.2 Å². The Hall–Kier alpha value is -1.34. The van der Waals surface area contributed by atoms with Crippen molar-refractivity contribution in [2.24, 2.45) is 5.92 Å². The lowest BCUT2D eigenvalue weighted by Gasteiger charge is -2.19. The number of benzene rings is 1. The largest absolute Gasteiger partial charge is 0.325 e. The molecule has 3 rings (SSSR count). The van der Waals surface area contributed by atoms with Crippen molar-refractivity contribution < 1.29 is 9.59 Å². The van der Waals surface area contributed by atoms with Gasteiger partial charge in [0, 0.05) is 11.4 Å². The molecule has 1 aromatic rings. The molecular formula is C20H32Cl2N4O2. The zero-order valence-corrected chi connectivity index (χ0v) is 17.9. The molecule has 0 unspecified atom stereocenters. The molecule has 2 fully saturated rings. The van der Waals surface area contributed by atoms with Crippen LogP contribution in [0.15, 0.2) is 24.3 Å². The summed E-state index contributed by atoms with van der Waals surface area (Å²) in [7, 11) is 0. The molecule has 1 aliphatic carbocycles. The third-order valence-electron chi connectivity index (χ3n) is 4.93. The number of rotatable bonds is 8. The summed E-state index contributed by atoms with van der Waals surface area (Å²) in [6.45, 7) is 3.73. The van der Waals surface area contributed by atoms with Crippen molar-refractivity contribution in [2.45, 2.75) is 38.5 Å². The quantitative estimate of drug-likeness (QED) is 0.591. The molecule has 1 saturated heterocycles. The van der Waals surface area contributed by atoms with Gasteiger partial charge in [-0.05, 0) is 75.5 Å². The Morgan fingerprint density at radius 2 is 1.39 bits per heavy atom. The van der Waals surface area contributed by atoms with E-state index in [1.165, 1.54) is 38.5 Å². The minimum atomic E-state index is -0.0383. The number of nitrogens with zero attached hydrogens (tertiary/aromatic N) is 1. The molecule has 2 aliphatic rings. The SMILES string of the molecule is Cl.Cl.O=C(CNCC1CC1)Nc1ccc(NC(=O)CN2CCCCCC2)cc1. The number of carbonyl (C=O) groups excluding carboxylic acids is 2. The van der Waals surface area contributed by atoms with Crippen LogP contribution in [0.5, 0.6) is 0 Å². The van der Waals surface area contributed by atoms with Crippen LogP contribution in [0.2, 0.25) is 0 Å². The summed E-state index contributed by atoms with van der Waals surface area (Å²) in [5.41, 5.74) is 1.50. The number of anilines is 2. The number of carbonyl (C=O) groups is 2. The van der Waals surface area contributed by atoms with Crippen molar-refractivity contribution in [3.8, 4) is 0 Å². The molecule has 1 aliphatic heterocycles. The van der Waals surface area contributed by atoms with Gasteiger partial charge in [0.15, 0.2) is 0 Å². The lowest BCUT2D eigenvalue weighted by atomic mass is 10.2. The summed E-state index contributed by atoms with van der Waals surface area (Å²) in [4.78, 5) is 26.3. The van der Waals surface area contributed by atoms with Crippen LogP contribution in [0, 0.1) is 5.92 Å². The van der Waals surface area contributed by atoms with Crippen molar-refractivity contribution in [1.29, 1.82) is 0 Å². The highest BCUT2D eigenvalue weighted by Crippen LogP contribution is 2.27. The van der Waals surface area contributed by atoms with Gasteiger partial charge in [0.1, 0.15) is 0 Å². The molecule has 1 saturated carbocycles. The Kier molecular flexibility index (Phi) is 11.5. The van der Waals surface area contributed by atoms with Gasteiger partial charge in [-0.15, -0.1) is 24.8 Å². The average Bonchev–Trinajstić information content (AvgIpc) is 3.44. The Bertz CT molecular complexity index is 601. The molecule has 28 heavy (non-hydrogen) atoms. The molecule has 0 atom stereocenters. The topological polar surface area (TPSA) is 73.5 Å². The van der Waals surface area contributed by atoms with Crippen LogP contribution in [-0.4, -0.2) is 49.4 Å². The highest BCUT2D eigenvalue weighted by atomic mass is 35.5. The molecule has 0 spiro atoms. The van der Waals surface area contributed by atoms with Gasteiger partial charge in [-0.3, -0.25) is 14.5 Å². The van der Waals surface area contributed by atoms with E-state index in [-0.39, 0.29) is 36.6 Å². The Labute approximate surface area is 180 Å². The maximum atomic E-state index is 12.2. The molecule has 1 aromatic carbocycles. The predicted octanol–water partition coefficient (Wildman–Crippen LogP) is 3.28. The second-order valence-electron chi connectivity index (χ2n) is 7.44. The maximum Gasteiger partial charge on any atom is 0.238 e. The summed E-state index contributed by atoms with van der Waals surface area (Å²) < 4.78 is 0. The normalized spacial score (nSPS) is 16.9. The maximum absolute atomic E-state index is 12.2. The van der Waals surface area contributed by atoms with Gasteiger partial charge in [-0.1, -0.05) is 12.8 Å². The Morgan fingerprint density at radius 3 is 1.93 bits per heavy atom. The fraction of sp³-hybridized carbons (Fsp3) is 0.600. The van der Waals surface area contributed by atoms with Crippen LogP contribution in [0.1, 0.15) is 38.5 Å². The van der Waals surface area contributed by atoms with Gasteiger partial charge < -0.3 is 16.0 Å². The molecule has 158 valence electrons. The number of nitrogens with one attached hydrogen (secondary N) is 3. The van der Waals surface area contributed by atoms with E-state index in [9.17, 15) is 9.59 Å². The van der Waals surface area contributed by atoms with Crippen molar-refractivity contribution >= 4 is 48.0 Å². The summed E-state index contributed by atoms with van der Waals surface area (Å²) in [5.74, 6) is 0.747. The van der Waals surface area contributed by atoms with E-state index in [0.717, 1.165) is 36.9 Å². The smallest absolute Gasteiger partial charge is 0.238 e. The van der Waals surface area contributed by atoms with Crippen LogP contribution >= 0.6 is 24.8 Å². The third-order valence-corrected chi connectivity index (χ3v) is 4.93. The highest BCUT2D eigenvalue weighted by molar-refractivity contribution is 5.94. The fourth-order valence-corrected chi connectivity index (χ4v) is 3.25. The van der Waals surface area contributed by atoms with Crippen molar-refractivity contribution in [3.63, 3.8) is 0 Å². The molecule has 8 heteroatoms. The van der Waals surface area contributed by atoms with Gasteiger partial charge in [0.05, 0.1) is 13.1 Å². The minimum absolute atomic E-state index is 0. The summed E-state index contributed by atoms with van der Waals surface area (Å²) >= 11 is 0. The van der Waals surface area contributed by atoms with E-state index < -0.39 is 0 Å². The van der Waals surface area contributed by atoms with E-state index in [1.807, 2.05) is 24.3 Å². The van der Waals surface area contributed by atoms with Crippen LogP contribution in [0.4, 0.5) is 11.4 Å². The minimum Gasteiger partial charge on any atom is -0.325 e. The van der Waals surface area contributed by atoms with Crippen molar-refractivity contribution in [3.05, 3.63) is 24.3 Å². The van der Waals surface area contributed by atoms with Crippen LogP contribution in [0.3, 0.4) is 0 Å². The number of hydrogen-bond acceptors (Lipinski definition) is 4. The molecule has 2 amide bonds. The van der Waals surface area contributed by atoms with Gasteiger partial charge in [0.2, 0.25) is 11.8 Å². The third kappa shape index (κ3) is 9.24. The monoisotopic (exact) mass is 430 g/mol. The number of amides is 2. The van der Waals surface area contributed by atoms with E-state index >= 15 is 0 Å². The Balaban J connectivity index is 0.00000196. The average molecular weight is 431 g/mol. The predicted molar refractivity (Wildman–Crippen MR) is 119 cm³/mol. The first-order valence-corrected chi connectivity index (χ1v) is 9.82. The number of hydrogen-bond donors (Lipinski definition) is 3. The zero-order valence-electron chi connectivity index (χ0n) is 16.2. The molecule has 0 aromatic heterocycles. The first kappa shape index (κ1) is 24.7. The molecule has 0 bridgehead atoms. The molecule has 1 heterocycles. The van der Waals surface area contributed by atoms with Gasteiger partial charge >= 0.3 is 0 Å². The molecule has 0 radical (unpaired) electrons. The first-order chi connectivity index (χ1) is 12.7. The lowest BCUT2D eigenvalue weighted by Crippen LogP contribution is -2.33. The standard InChI is InChI=1S/C20H30N4O2.2ClH/c25-19(14-21-13-16-5-6-16)22-17-7-9-18(10-8-17)23-20(26)15-24-11-3-1-2-4-12-24;;/h7-10,16,21H,1-6,11-15H2,(H,22,25)(H,23,26);2*1H. The molecule has 3 N–H and O–H groups in total. The Morgan fingerprint density at radius 1 is 0.857 bits per heavy atom. The van der Waals surface area contributed by atoms with Crippen molar-refractivity contribution in [2.75, 3.05) is 43.4 Å². The van der Waals surface area contributed by atoms with E-state index in [1.54, 1.807) is 0 Å². The highest BCUT2D eigenvalue weighted by Gasteiger charge is 2.20. The summed E-state index contributed by atoms with van der Waals surface area (Å²) in [5, 5.41) is 8.98. The summed E-state index contributed by atoms with van der Waals surface area (Å²) in [6, 6.07) is 7.29. The fourth-order valence-electron chi connectivity index (χ4n) is 3.25. The first-order valence-electron chi connectivity index (χ1n) is 9.82. The van der Waals surface area contributed by atoms with Gasteiger partial charge in [-0.25, -0.2) is 0 Å². The lowest BCUT2D eigenvalue weighted by molar-refractivity contribution is -0.117. The van der Waals surface area contributed by atoms with E-state index in [4.69, 9.17) is 0 Å². The van der Waals surface area contributed by atoms with Crippen LogP contribution in [-0.2, 0) is 9.59 Å². The van der Waals surface area contributed by atoms with Crippen LogP contribution in [0.25, 0.3) is 0 Å². The van der Waals surface area contributed by atoms with Gasteiger partial charge in [0.25, 0.3) is 0 Å². The zero-order chi connectivity index (χ0) is 18.2. The van der Waals surface area contributed by atoms with E-state index in [0.29, 0.717) is 13.1 Å². The second kappa shape index (κ2) is 13.0. The second-order valence-corrected chi connectivity index (χ2v) is 7.44. The molecular weight excluding hydrogens is 399 g/mol. The number of likely N-dealkylation sites (tertiary alicyclic amines) is 1. The van der Waals surface area contributed by atoms with Gasteiger partial charge in [-0.2, -0.15) is 0 Å².